The number of hydrogen-bond donors (Lipinski definition) is 1. The Labute approximate surface area is 110 Å². The molecule has 0 amide bonds. The van der Waals surface area contributed by atoms with Crippen LogP contribution in [-0.4, -0.2) is 22.9 Å². The number of halogens is 1. The molecule has 0 aromatic carbocycles. The average Bonchev–Trinajstić information content (AvgIpc) is 2.33. The second-order valence-corrected chi connectivity index (χ2v) is 5.70. The Bertz CT molecular complexity index is 396. The van der Waals surface area contributed by atoms with Gasteiger partial charge in [-0.1, -0.05) is 0 Å². The van der Waals surface area contributed by atoms with Crippen molar-refractivity contribution < 1.29 is 4.79 Å². The van der Waals surface area contributed by atoms with Crippen LogP contribution in [0.3, 0.4) is 0 Å². The Balaban J connectivity index is 2.03. The zero-order valence-electron chi connectivity index (χ0n) is 10.0. The van der Waals surface area contributed by atoms with Crippen LogP contribution in [0.25, 0.3) is 0 Å². The fourth-order valence-electron chi connectivity index (χ4n) is 2.16. The zero-order chi connectivity index (χ0) is 12.3. The molecule has 0 bridgehead atoms. The molecule has 1 N–H and O–H groups in total. The van der Waals surface area contributed by atoms with Crippen molar-refractivity contribution in [2.75, 3.05) is 6.54 Å². The second kappa shape index (κ2) is 5.27. The molecule has 1 atom stereocenters. The van der Waals surface area contributed by atoms with Gasteiger partial charge in [-0.25, -0.2) is 0 Å². The summed E-state index contributed by atoms with van der Waals surface area (Å²) in [5, 5.41) is 3.34. The molecule has 2 heterocycles. The van der Waals surface area contributed by atoms with Gasteiger partial charge in [-0.3, -0.25) is 9.78 Å². The van der Waals surface area contributed by atoms with Gasteiger partial charge in [0.2, 0.25) is 0 Å². The van der Waals surface area contributed by atoms with Crippen molar-refractivity contribution in [2.45, 2.75) is 38.1 Å². The molecule has 1 aromatic heterocycles. The van der Waals surface area contributed by atoms with E-state index in [1.807, 2.05) is 19.1 Å². The minimum absolute atomic E-state index is 0.243. The second-order valence-electron chi connectivity index (χ2n) is 4.78. The van der Waals surface area contributed by atoms with E-state index in [1.54, 1.807) is 6.20 Å². The van der Waals surface area contributed by atoms with E-state index in [0.717, 1.165) is 29.6 Å². The van der Waals surface area contributed by atoms with Gasteiger partial charge in [0, 0.05) is 16.4 Å². The number of carbonyl (C=O) groups is 1. The summed E-state index contributed by atoms with van der Waals surface area (Å²) < 4.78 is 0.940. The van der Waals surface area contributed by atoms with Crippen LogP contribution in [0.1, 0.15) is 31.9 Å². The summed E-state index contributed by atoms with van der Waals surface area (Å²) in [6.45, 7) is 2.95. The van der Waals surface area contributed by atoms with E-state index in [2.05, 4.69) is 26.2 Å². The topological polar surface area (TPSA) is 42.0 Å². The molecule has 1 fully saturated rings. The third kappa shape index (κ3) is 3.13. The van der Waals surface area contributed by atoms with Crippen LogP contribution in [0.4, 0.5) is 0 Å². The first-order valence-electron chi connectivity index (χ1n) is 5.99. The summed E-state index contributed by atoms with van der Waals surface area (Å²) in [6, 6.07) is 3.82. The quantitative estimate of drug-likeness (QED) is 0.932. The van der Waals surface area contributed by atoms with E-state index >= 15 is 0 Å². The van der Waals surface area contributed by atoms with Crippen molar-refractivity contribution in [3.05, 3.63) is 28.5 Å². The first-order valence-corrected chi connectivity index (χ1v) is 6.78. The number of hydrogen-bond acceptors (Lipinski definition) is 3. The third-order valence-corrected chi connectivity index (χ3v) is 3.83. The van der Waals surface area contributed by atoms with E-state index in [9.17, 15) is 4.79 Å². The maximum absolute atomic E-state index is 12.3. The Morgan fingerprint density at radius 2 is 2.35 bits per heavy atom. The van der Waals surface area contributed by atoms with Crippen molar-refractivity contribution in [1.29, 1.82) is 0 Å². The van der Waals surface area contributed by atoms with Crippen LogP contribution in [0, 0.1) is 0 Å². The van der Waals surface area contributed by atoms with Gasteiger partial charge in [-0.05, 0) is 60.8 Å². The van der Waals surface area contributed by atoms with Gasteiger partial charge in [-0.15, -0.1) is 0 Å². The number of aromatic nitrogens is 1. The normalized spacial score (nSPS) is 24.6. The van der Waals surface area contributed by atoms with Crippen LogP contribution < -0.4 is 5.32 Å². The summed E-state index contributed by atoms with van der Waals surface area (Å²) in [4.78, 5) is 16.5. The number of pyridine rings is 1. The largest absolute Gasteiger partial charge is 0.305 e. The van der Waals surface area contributed by atoms with Gasteiger partial charge in [0.15, 0.2) is 5.78 Å². The van der Waals surface area contributed by atoms with E-state index in [4.69, 9.17) is 0 Å². The van der Waals surface area contributed by atoms with Crippen molar-refractivity contribution in [1.82, 2.24) is 10.3 Å². The minimum Gasteiger partial charge on any atom is -0.305 e. The van der Waals surface area contributed by atoms with Crippen molar-refractivity contribution >= 4 is 21.7 Å². The van der Waals surface area contributed by atoms with Crippen LogP contribution >= 0.6 is 15.9 Å². The highest BCUT2D eigenvalue weighted by atomic mass is 79.9. The molecule has 3 nitrogen and oxygen atoms in total. The monoisotopic (exact) mass is 296 g/mol. The van der Waals surface area contributed by atoms with Gasteiger partial charge >= 0.3 is 0 Å². The Hall–Kier alpha value is -0.740. The maximum atomic E-state index is 12.3. The fraction of sp³-hybridized carbons (Fsp3) is 0.538. The zero-order valence-corrected chi connectivity index (χ0v) is 11.6. The molecule has 0 aliphatic carbocycles. The molecular weight excluding hydrogens is 280 g/mol. The summed E-state index contributed by atoms with van der Waals surface area (Å²) in [5.41, 5.74) is 0.485. The Morgan fingerprint density at radius 1 is 1.53 bits per heavy atom. The minimum atomic E-state index is -0.354. The molecule has 92 valence electrons. The summed E-state index contributed by atoms with van der Waals surface area (Å²) in [5.74, 6) is 0.243. The summed E-state index contributed by atoms with van der Waals surface area (Å²) in [7, 11) is 0. The van der Waals surface area contributed by atoms with E-state index < -0.39 is 0 Å². The SMILES string of the molecule is CC1(C(=O)Cc2ccc(Br)cn2)CCCCN1. The lowest BCUT2D eigenvalue weighted by molar-refractivity contribution is -0.125. The smallest absolute Gasteiger partial charge is 0.158 e. The molecule has 17 heavy (non-hydrogen) atoms. The number of carbonyl (C=O) groups excluding carboxylic acids is 1. The molecule has 1 saturated heterocycles. The standard InChI is InChI=1S/C13H17BrN2O/c1-13(6-2-3-7-16-13)12(17)8-11-5-4-10(14)9-15-11/h4-5,9,16H,2-3,6-8H2,1H3. The molecule has 4 heteroatoms. The van der Waals surface area contributed by atoms with Gasteiger partial charge in [-0.2, -0.15) is 0 Å². The lowest BCUT2D eigenvalue weighted by Gasteiger charge is -2.33. The first-order chi connectivity index (χ1) is 8.10. The summed E-state index contributed by atoms with van der Waals surface area (Å²) in [6.07, 6.45) is 5.38. The number of nitrogens with zero attached hydrogens (tertiary/aromatic N) is 1. The summed E-state index contributed by atoms with van der Waals surface area (Å²) >= 11 is 3.34. The van der Waals surface area contributed by atoms with E-state index in [0.29, 0.717) is 6.42 Å². The highest BCUT2D eigenvalue weighted by Gasteiger charge is 2.33. The molecule has 2 rings (SSSR count). The third-order valence-electron chi connectivity index (χ3n) is 3.36. The number of rotatable bonds is 3. The van der Waals surface area contributed by atoms with Crippen LogP contribution in [0.15, 0.2) is 22.8 Å². The Kier molecular flexibility index (Phi) is 3.94. The molecule has 0 radical (unpaired) electrons. The van der Waals surface area contributed by atoms with Crippen LogP contribution in [-0.2, 0) is 11.2 Å². The number of Topliss-reactive ketones (excluding diaryl/α,β-unsaturated/α-hetero) is 1. The highest BCUT2D eigenvalue weighted by molar-refractivity contribution is 9.10. The lowest BCUT2D eigenvalue weighted by atomic mass is 9.85. The number of nitrogens with one attached hydrogen (secondary N) is 1. The molecule has 1 unspecified atom stereocenters. The molecule has 0 spiro atoms. The highest BCUT2D eigenvalue weighted by Crippen LogP contribution is 2.21. The molecule has 0 saturated carbocycles. The van der Waals surface area contributed by atoms with Gasteiger partial charge in [0.25, 0.3) is 0 Å². The van der Waals surface area contributed by atoms with Crippen molar-refractivity contribution in [2.24, 2.45) is 0 Å². The van der Waals surface area contributed by atoms with Crippen molar-refractivity contribution in [3.63, 3.8) is 0 Å². The lowest BCUT2D eigenvalue weighted by Crippen LogP contribution is -2.52. The number of ketones is 1. The van der Waals surface area contributed by atoms with Crippen LogP contribution in [0.2, 0.25) is 0 Å². The van der Waals surface area contributed by atoms with Crippen LogP contribution in [0.5, 0.6) is 0 Å². The van der Waals surface area contributed by atoms with E-state index in [1.165, 1.54) is 6.42 Å². The predicted octanol–water partition coefficient (Wildman–Crippen LogP) is 2.49. The van der Waals surface area contributed by atoms with Gasteiger partial charge < -0.3 is 5.32 Å². The first kappa shape index (κ1) is 12.7. The van der Waals surface area contributed by atoms with Gasteiger partial charge in [0.05, 0.1) is 12.0 Å². The van der Waals surface area contributed by atoms with Gasteiger partial charge in [0.1, 0.15) is 0 Å². The van der Waals surface area contributed by atoms with E-state index in [-0.39, 0.29) is 11.3 Å². The fourth-order valence-corrected chi connectivity index (χ4v) is 2.40. The molecule has 1 aliphatic rings. The average molecular weight is 297 g/mol. The number of piperidine rings is 1. The predicted molar refractivity (Wildman–Crippen MR) is 70.9 cm³/mol. The molecular formula is C13H17BrN2O. The van der Waals surface area contributed by atoms with Crippen molar-refractivity contribution in [3.8, 4) is 0 Å². The maximum Gasteiger partial charge on any atom is 0.158 e. The Morgan fingerprint density at radius 3 is 2.94 bits per heavy atom. The molecule has 1 aromatic rings. The molecule has 1 aliphatic heterocycles.